The molecule has 2 N–H and O–H groups in total. The second-order valence-corrected chi connectivity index (χ2v) is 4.34. The van der Waals surface area contributed by atoms with Crippen molar-refractivity contribution in [3.8, 4) is 5.75 Å². The summed E-state index contributed by atoms with van der Waals surface area (Å²) in [7, 11) is 0. The van der Waals surface area contributed by atoms with Gasteiger partial charge in [-0.15, -0.1) is 0 Å². The van der Waals surface area contributed by atoms with E-state index in [2.05, 4.69) is 5.32 Å². The summed E-state index contributed by atoms with van der Waals surface area (Å²) in [4.78, 5) is 11.8. The Kier molecular flexibility index (Phi) is 3.98. The number of hydrogen-bond acceptors (Lipinski definition) is 3. The molecule has 0 aliphatic carbocycles. The maximum absolute atomic E-state index is 11.8. The molecule has 1 amide bonds. The molecule has 0 saturated carbocycles. The van der Waals surface area contributed by atoms with Gasteiger partial charge in [-0.3, -0.25) is 4.79 Å². The van der Waals surface area contributed by atoms with Crippen LogP contribution >= 0.6 is 0 Å². The van der Waals surface area contributed by atoms with Gasteiger partial charge in [-0.2, -0.15) is 0 Å². The Bertz CT molecular complexity index is 369. The van der Waals surface area contributed by atoms with Crippen molar-refractivity contribution in [2.75, 3.05) is 19.8 Å². The lowest BCUT2D eigenvalue weighted by Gasteiger charge is -2.22. The number of rotatable bonds is 3. The maximum Gasteiger partial charge on any atom is 0.251 e. The zero-order valence-corrected chi connectivity index (χ0v) is 9.69. The third kappa shape index (κ3) is 3.46. The van der Waals surface area contributed by atoms with Gasteiger partial charge in [0.25, 0.3) is 5.91 Å². The van der Waals surface area contributed by atoms with E-state index in [1.165, 1.54) is 12.1 Å². The fraction of sp³-hybridized carbons (Fsp3) is 0.462. The Balaban J connectivity index is 1.82. The first kappa shape index (κ1) is 11.9. The zero-order valence-electron chi connectivity index (χ0n) is 9.69. The molecule has 0 bridgehead atoms. The summed E-state index contributed by atoms with van der Waals surface area (Å²) in [6, 6.07) is 6.25. The van der Waals surface area contributed by atoms with Gasteiger partial charge in [-0.25, -0.2) is 0 Å². The lowest BCUT2D eigenvalue weighted by molar-refractivity contribution is 0.0536. The summed E-state index contributed by atoms with van der Waals surface area (Å²) in [6.07, 6.45) is 2.18. The molecule has 1 aromatic rings. The molecule has 1 unspecified atom stereocenters. The van der Waals surface area contributed by atoms with E-state index < -0.39 is 0 Å². The standard InChI is InChI=1S/C13H17NO3/c15-12-5-3-11(4-6-12)13(16)14-8-10-2-1-7-17-9-10/h3-6,10,15H,1-2,7-9H2,(H,14,16). The Morgan fingerprint density at radius 2 is 2.18 bits per heavy atom. The van der Waals surface area contributed by atoms with E-state index in [9.17, 15) is 4.79 Å². The molecule has 1 fully saturated rings. The minimum atomic E-state index is -0.101. The van der Waals surface area contributed by atoms with Gasteiger partial charge in [0.15, 0.2) is 0 Å². The lowest BCUT2D eigenvalue weighted by Crippen LogP contribution is -2.33. The van der Waals surface area contributed by atoms with Crippen molar-refractivity contribution in [3.05, 3.63) is 29.8 Å². The van der Waals surface area contributed by atoms with Crippen LogP contribution in [0.5, 0.6) is 5.75 Å². The summed E-state index contributed by atoms with van der Waals surface area (Å²) in [5.74, 6) is 0.489. The number of phenols is 1. The second-order valence-electron chi connectivity index (χ2n) is 4.34. The first-order valence-corrected chi connectivity index (χ1v) is 5.90. The molecule has 1 saturated heterocycles. The van der Waals surface area contributed by atoms with Crippen molar-refractivity contribution in [1.82, 2.24) is 5.32 Å². The highest BCUT2D eigenvalue weighted by molar-refractivity contribution is 5.94. The summed E-state index contributed by atoms with van der Waals surface area (Å²) in [6.45, 7) is 2.22. The van der Waals surface area contributed by atoms with Crippen molar-refractivity contribution in [3.63, 3.8) is 0 Å². The number of carbonyl (C=O) groups is 1. The van der Waals surface area contributed by atoms with Crippen LogP contribution in [0.3, 0.4) is 0 Å². The van der Waals surface area contributed by atoms with E-state index in [0.717, 1.165) is 26.1 Å². The van der Waals surface area contributed by atoms with Gasteiger partial charge in [-0.05, 0) is 43.0 Å². The number of aromatic hydroxyl groups is 1. The zero-order chi connectivity index (χ0) is 12.1. The number of nitrogens with one attached hydrogen (secondary N) is 1. The van der Waals surface area contributed by atoms with Crippen LogP contribution in [0.25, 0.3) is 0 Å². The Labute approximate surface area is 101 Å². The average Bonchev–Trinajstić information content (AvgIpc) is 2.38. The Morgan fingerprint density at radius 3 is 2.82 bits per heavy atom. The number of phenolic OH excluding ortho intramolecular Hbond substituents is 1. The van der Waals surface area contributed by atoms with Crippen molar-refractivity contribution >= 4 is 5.91 Å². The second kappa shape index (κ2) is 5.68. The molecule has 0 aromatic heterocycles. The van der Waals surface area contributed by atoms with Crippen LogP contribution in [-0.2, 0) is 4.74 Å². The lowest BCUT2D eigenvalue weighted by atomic mass is 10.0. The van der Waals surface area contributed by atoms with Crippen LogP contribution in [0.15, 0.2) is 24.3 Å². The molecule has 1 aliphatic rings. The number of carbonyl (C=O) groups excluding carboxylic acids is 1. The van der Waals surface area contributed by atoms with Gasteiger partial charge in [-0.1, -0.05) is 0 Å². The van der Waals surface area contributed by atoms with Crippen LogP contribution in [0, 0.1) is 5.92 Å². The molecule has 1 heterocycles. The monoisotopic (exact) mass is 235 g/mol. The van der Waals surface area contributed by atoms with Crippen molar-refractivity contribution in [2.45, 2.75) is 12.8 Å². The van der Waals surface area contributed by atoms with E-state index >= 15 is 0 Å². The number of amides is 1. The summed E-state index contributed by atoms with van der Waals surface area (Å²) >= 11 is 0. The number of benzene rings is 1. The minimum Gasteiger partial charge on any atom is -0.508 e. The van der Waals surface area contributed by atoms with E-state index in [1.54, 1.807) is 12.1 Å². The Morgan fingerprint density at radius 1 is 1.41 bits per heavy atom. The first-order valence-electron chi connectivity index (χ1n) is 5.90. The highest BCUT2D eigenvalue weighted by atomic mass is 16.5. The summed E-state index contributed by atoms with van der Waals surface area (Å²) in [5.41, 5.74) is 0.569. The molecule has 1 aromatic carbocycles. The van der Waals surface area contributed by atoms with Gasteiger partial charge in [0, 0.05) is 18.7 Å². The molecule has 2 rings (SSSR count). The molecule has 17 heavy (non-hydrogen) atoms. The highest BCUT2D eigenvalue weighted by Gasteiger charge is 2.15. The fourth-order valence-corrected chi connectivity index (χ4v) is 1.92. The molecule has 0 spiro atoms. The van der Waals surface area contributed by atoms with Crippen LogP contribution in [-0.4, -0.2) is 30.8 Å². The molecule has 4 nitrogen and oxygen atoms in total. The van der Waals surface area contributed by atoms with Gasteiger partial charge < -0.3 is 15.2 Å². The molecule has 92 valence electrons. The number of hydrogen-bond donors (Lipinski definition) is 2. The third-order valence-electron chi connectivity index (χ3n) is 2.94. The normalized spacial score (nSPS) is 19.9. The van der Waals surface area contributed by atoms with E-state index in [1.807, 2.05) is 0 Å². The minimum absolute atomic E-state index is 0.101. The van der Waals surface area contributed by atoms with Crippen molar-refractivity contribution < 1.29 is 14.6 Å². The largest absolute Gasteiger partial charge is 0.508 e. The van der Waals surface area contributed by atoms with E-state index in [0.29, 0.717) is 18.0 Å². The molecule has 1 atom stereocenters. The Hall–Kier alpha value is -1.55. The summed E-state index contributed by atoms with van der Waals surface area (Å²) in [5, 5.41) is 12.0. The first-order chi connectivity index (χ1) is 8.25. The average molecular weight is 235 g/mol. The summed E-state index contributed by atoms with van der Waals surface area (Å²) < 4.78 is 5.35. The van der Waals surface area contributed by atoms with Crippen molar-refractivity contribution in [1.29, 1.82) is 0 Å². The smallest absolute Gasteiger partial charge is 0.251 e. The predicted molar refractivity (Wildman–Crippen MR) is 64.0 cm³/mol. The van der Waals surface area contributed by atoms with E-state index in [-0.39, 0.29) is 11.7 Å². The van der Waals surface area contributed by atoms with Crippen molar-refractivity contribution in [2.24, 2.45) is 5.92 Å². The molecule has 4 heteroatoms. The number of ether oxygens (including phenoxy) is 1. The quantitative estimate of drug-likeness (QED) is 0.835. The molecular formula is C13H17NO3. The topological polar surface area (TPSA) is 58.6 Å². The molecular weight excluding hydrogens is 218 g/mol. The maximum atomic E-state index is 11.8. The van der Waals surface area contributed by atoms with Gasteiger partial charge in [0.05, 0.1) is 6.61 Å². The third-order valence-corrected chi connectivity index (χ3v) is 2.94. The fourth-order valence-electron chi connectivity index (χ4n) is 1.92. The van der Waals surface area contributed by atoms with Crippen LogP contribution in [0.1, 0.15) is 23.2 Å². The highest BCUT2D eigenvalue weighted by Crippen LogP contribution is 2.13. The van der Waals surface area contributed by atoms with Gasteiger partial charge >= 0.3 is 0 Å². The van der Waals surface area contributed by atoms with E-state index in [4.69, 9.17) is 9.84 Å². The van der Waals surface area contributed by atoms with Crippen LogP contribution in [0.2, 0.25) is 0 Å². The van der Waals surface area contributed by atoms with Gasteiger partial charge in [0.2, 0.25) is 0 Å². The van der Waals surface area contributed by atoms with Crippen LogP contribution < -0.4 is 5.32 Å². The molecule has 0 radical (unpaired) electrons. The predicted octanol–water partition coefficient (Wildman–Crippen LogP) is 1.55. The molecule has 1 aliphatic heterocycles. The van der Waals surface area contributed by atoms with Crippen LogP contribution in [0.4, 0.5) is 0 Å². The SMILES string of the molecule is O=C(NCC1CCCOC1)c1ccc(O)cc1. The van der Waals surface area contributed by atoms with Gasteiger partial charge in [0.1, 0.15) is 5.75 Å².